The van der Waals surface area contributed by atoms with Crippen LogP contribution >= 0.6 is 0 Å². The lowest BCUT2D eigenvalue weighted by atomic mass is 10.0. The molecule has 0 heterocycles. The summed E-state index contributed by atoms with van der Waals surface area (Å²) in [5.41, 5.74) is 2.63. The number of para-hydroxylation sites is 1. The molecule has 0 aromatic heterocycles. The zero-order valence-corrected chi connectivity index (χ0v) is 12.7. The highest BCUT2D eigenvalue weighted by atomic mass is 16.3. The Labute approximate surface area is 117 Å². The van der Waals surface area contributed by atoms with Crippen molar-refractivity contribution in [1.29, 1.82) is 0 Å². The van der Waals surface area contributed by atoms with Crippen LogP contribution in [-0.4, -0.2) is 31.3 Å². The molecule has 0 aliphatic rings. The second kappa shape index (κ2) is 8.18. The van der Waals surface area contributed by atoms with Gasteiger partial charge in [-0.1, -0.05) is 25.1 Å². The first-order chi connectivity index (χ1) is 9.15. The predicted molar refractivity (Wildman–Crippen MR) is 82.7 cm³/mol. The monoisotopic (exact) mass is 264 g/mol. The van der Waals surface area contributed by atoms with Gasteiger partial charge in [0.25, 0.3) is 0 Å². The van der Waals surface area contributed by atoms with E-state index in [1.165, 1.54) is 11.3 Å². The van der Waals surface area contributed by atoms with Gasteiger partial charge in [0.1, 0.15) is 0 Å². The number of benzene rings is 1. The van der Waals surface area contributed by atoms with Crippen LogP contribution in [0.3, 0.4) is 0 Å². The molecule has 0 bridgehead atoms. The zero-order chi connectivity index (χ0) is 14.3. The molecule has 3 heteroatoms. The van der Waals surface area contributed by atoms with Gasteiger partial charge in [0.2, 0.25) is 0 Å². The Bertz CT molecular complexity index is 362. The Morgan fingerprint density at radius 2 is 1.95 bits per heavy atom. The van der Waals surface area contributed by atoms with Crippen molar-refractivity contribution in [3.05, 3.63) is 29.8 Å². The molecule has 0 saturated heterocycles. The maximum absolute atomic E-state index is 9.08. The summed E-state index contributed by atoms with van der Waals surface area (Å²) in [6.07, 6.45) is 1.88. The number of aliphatic hydroxyl groups excluding tert-OH is 1. The van der Waals surface area contributed by atoms with Crippen LogP contribution in [0.4, 0.5) is 5.69 Å². The van der Waals surface area contributed by atoms with Gasteiger partial charge in [-0.05, 0) is 45.4 Å². The van der Waals surface area contributed by atoms with E-state index in [1.54, 1.807) is 0 Å². The summed E-state index contributed by atoms with van der Waals surface area (Å²) in [6.45, 7) is 7.74. The fourth-order valence-corrected chi connectivity index (χ4v) is 2.52. The molecule has 3 nitrogen and oxygen atoms in total. The van der Waals surface area contributed by atoms with E-state index >= 15 is 0 Å². The maximum atomic E-state index is 9.08. The minimum atomic E-state index is 0.245. The van der Waals surface area contributed by atoms with Crippen LogP contribution in [0.2, 0.25) is 0 Å². The smallest absolute Gasteiger partial charge is 0.0447 e. The van der Waals surface area contributed by atoms with Crippen molar-refractivity contribution in [2.24, 2.45) is 0 Å². The van der Waals surface area contributed by atoms with Gasteiger partial charge in [-0.25, -0.2) is 0 Å². The van der Waals surface area contributed by atoms with Crippen molar-refractivity contribution in [3.8, 4) is 0 Å². The Morgan fingerprint density at radius 1 is 1.26 bits per heavy atom. The van der Waals surface area contributed by atoms with Crippen molar-refractivity contribution in [2.45, 2.75) is 45.7 Å². The molecule has 1 aromatic carbocycles. The molecule has 0 aliphatic carbocycles. The standard InChI is InChI=1S/C16H28N2O/c1-5-15(17-4)14-9-6-7-10-16(14)18(13(2)3)11-8-12-19/h6-7,9-10,13,15,17,19H,5,8,11-12H2,1-4H3. The van der Waals surface area contributed by atoms with Gasteiger partial charge in [0.05, 0.1) is 0 Å². The second-order valence-electron chi connectivity index (χ2n) is 5.17. The van der Waals surface area contributed by atoms with E-state index in [4.69, 9.17) is 5.11 Å². The van der Waals surface area contributed by atoms with Crippen LogP contribution in [0.25, 0.3) is 0 Å². The summed E-state index contributed by atoms with van der Waals surface area (Å²) in [5, 5.41) is 12.5. The first-order valence-corrected chi connectivity index (χ1v) is 7.29. The number of hydrogen-bond acceptors (Lipinski definition) is 3. The fourth-order valence-electron chi connectivity index (χ4n) is 2.52. The number of aliphatic hydroxyl groups is 1. The lowest BCUT2D eigenvalue weighted by Gasteiger charge is -2.32. The van der Waals surface area contributed by atoms with Crippen LogP contribution in [0.1, 0.15) is 45.2 Å². The highest BCUT2D eigenvalue weighted by Crippen LogP contribution is 2.29. The molecular weight excluding hydrogens is 236 g/mol. The van der Waals surface area contributed by atoms with Crippen LogP contribution in [0, 0.1) is 0 Å². The maximum Gasteiger partial charge on any atom is 0.0447 e. The molecule has 0 amide bonds. The second-order valence-corrected chi connectivity index (χ2v) is 5.17. The predicted octanol–water partition coefficient (Wildman–Crippen LogP) is 2.95. The largest absolute Gasteiger partial charge is 0.396 e. The quantitative estimate of drug-likeness (QED) is 0.758. The highest BCUT2D eigenvalue weighted by molar-refractivity contribution is 5.55. The molecule has 2 N–H and O–H groups in total. The Hall–Kier alpha value is -1.06. The molecule has 1 atom stereocenters. The SMILES string of the molecule is CCC(NC)c1ccccc1N(CCCO)C(C)C. The highest BCUT2D eigenvalue weighted by Gasteiger charge is 2.17. The molecule has 0 radical (unpaired) electrons. The first-order valence-electron chi connectivity index (χ1n) is 7.29. The van der Waals surface area contributed by atoms with E-state index in [2.05, 4.69) is 55.3 Å². The van der Waals surface area contributed by atoms with Gasteiger partial charge in [-0.2, -0.15) is 0 Å². The van der Waals surface area contributed by atoms with E-state index in [0.29, 0.717) is 12.1 Å². The molecule has 19 heavy (non-hydrogen) atoms. The normalized spacial score (nSPS) is 12.7. The summed E-state index contributed by atoms with van der Waals surface area (Å²) in [7, 11) is 2.01. The lowest BCUT2D eigenvalue weighted by Crippen LogP contribution is -2.34. The molecule has 0 spiro atoms. The van der Waals surface area contributed by atoms with Crippen LogP contribution in [-0.2, 0) is 0 Å². The average Bonchev–Trinajstić information content (AvgIpc) is 2.41. The van der Waals surface area contributed by atoms with Crippen LogP contribution in [0.5, 0.6) is 0 Å². The van der Waals surface area contributed by atoms with E-state index in [0.717, 1.165) is 19.4 Å². The molecule has 0 fully saturated rings. The summed E-state index contributed by atoms with van der Waals surface area (Å²) < 4.78 is 0. The third-order valence-electron chi connectivity index (χ3n) is 3.56. The van der Waals surface area contributed by atoms with Crippen molar-refractivity contribution >= 4 is 5.69 Å². The van der Waals surface area contributed by atoms with Crippen molar-refractivity contribution < 1.29 is 5.11 Å². The van der Waals surface area contributed by atoms with Crippen LogP contribution in [0.15, 0.2) is 24.3 Å². The van der Waals surface area contributed by atoms with Crippen LogP contribution < -0.4 is 10.2 Å². The molecule has 1 rings (SSSR count). The van der Waals surface area contributed by atoms with Gasteiger partial charge in [0.15, 0.2) is 0 Å². The van der Waals surface area contributed by atoms with Gasteiger partial charge in [0, 0.05) is 30.9 Å². The number of nitrogens with zero attached hydrogens (tertiary/aromatic N) is 1. The molecule has 108 valence electrons. The Morgan fingerprint density at radius 3 is 2.47 bits per heavy atom. The minimum Gasteiger partial charge on any atom is -0.396 e. The molecule has 1 unspecified atom stereocenters. The minimum absolute atomic E-state index is 0.245. The first kappa shape index (κ1) is 16.0. The topological polar surface area (TPSA) is 35.5 Å². The third-order valence-corrected chi connectivity index (χ3v) is 3.56. The van der Waals surface area contributed by atoms with Crippen molar-refractivity contribution in [3.63, 3.8) is 0 Å². The zero-order valence-electron chi connectivity index (χ0n) is 12.7. The Kier molecular flexibility index (Phi) is 6.89. The number of anilines is 1. The summed E-state index contributed by atoms with van der Waals surface area (Å²) in [6, 6.07) is 9.40. The molecule has 1 aromatic rings. The molecule has 0 saturated carbocycles. The summed E-state index contributed by atoms with van der Waals surface area (Å²) in [5.74, 6) is 0. The third kappa shape index (κ3) is 4.22. The number of nitrogens with one attached hydrogen (secondary N) is 1. The van der Waals surface area contributed by atoms with E-state index < -0.39 is 0 Å². The van der Waals surface area contributed by atoms with E-state index in [9.17, 15) is 0 Å². The average molecular weight is 264 g/mol. The number of rotatable bonds is 8. The molecular formula is C16H28N2O. The van der Waals surface area contributed by atoms with E-state index in [-0.39, 0.29) is 6.61 Å². The molecule has 0 aliphatic heterocycles. The summed E-state index contributed by atoms with van der Waals surface area (Å²) >= 11 is 0. The van der Waals surface area contributed by atoms with Gasteiger partial charge >= 0.3 is 0 Å². The fraction of sp³-hybridized carbons (Fsp3) is 0.625. The van der Waals surface area contributed by atoms with E-state index in [1.807, 2.05) is 7.05 Å². The summed E-state index contributed by atoms with van der Waals surface area (Å²) in [4.78, 5) is 2.38. The van der Waals surface area contributed by atoms with Crippen molar-refractivity contribution in [1.82, 2.24) is 5.32 Å². The van der Waals surface area contributed by atoms with Gasteiger partial charge in [-0.3, -0.25) is 0 Å². The lowest BCUT2D eigenvalue weighted by molar-refractivity contribution is 0.288. The Balaban J connectivity index is 3.07. The number of hydrogen-bond donors (Lipinski definition) is 2. The van der Waals surface area contributed by atoms with Gasteiger partial charge < -0.3 is 15.3 Å². The van der Waals surface area contributed by atoms with Crippen molar-refractivity contribution in [2.75, 3.05) is 25.1 Å². The van der Waals surface area contributed by atoms with Gasteiger partial charge in [-0.15, -0.1) is 0 Å².